The third kappa shape index (κ3) is 4.18. The highest BCUT2D eigenvalue weighted by Crippen LogP contribution is 2.32. The second-order valence-corrected chi connectivity index (χ2v) is 7.35. The molecule has 2 aliphatic heterocycles. The van der Waals surface area contributed by atoms with Crippen molar-refractivity contribution < 1.29 is 28.5 Å². The molecule has 3 aromatic rings. The number of nitrogens with zero attached hydrogens (tertiary/aromatic N) is 4. The van der Waals surface area contributed by atoms with Gasteiger partial charge in [-0.25, -0.2) is 9.97 Å². The van der Waals surface area contributed by atoms with Crippen LogP contribution in [0, 0.1) is 0 Å². The number of anilines is 1. The van der Waals surface area contributed by atoms with E-state index in [0.29, 0.717) is 59.9 Å². The van der Waals surface area contributed by atoms with E-state index in [0.717, 1.165) is 5.56 Å². The van der Waals surface area contributed by atoms with E-state index >= 15 is 0 Å². The van der Waals surface area contributed by atoms with Crippen LogP contribution in [0.15, 0.2) is 42.7 Å². The third-order valence-corrected chi connectivity index (χ3v) is 5.38. The predicted octanol–water partition coefficient (Wildman–Crippen LogP) is 2.47. The van der Waals surface area contributed by atoms with Crippen LogP contribution in [0.1, 0.15) is 16.1 Å². The number of hydrogen-bond acceptors (Lipinski definition) is 9. The van der Waals surface area contributed by atoms with Gasteiger partial charge in [-0.05, 0) is 24.3 Å². The molecule has 3 aromatic heterocycles. The number of rotatable bonds is 7. The summed E-state index contributed by atoms with van der Waals surface area (Å²) >= 11 is 0. The number of carbonyl (C=O) groups excluding carboxylic acids is 1. The Morgan fingerprint density at radius 1 is 1.06 bits per heavy atom. The summed E-state index contributed by atoms with van der Waals surface area (Å²) in [6, 6.07) is 8.89. The first kappa shape index (κ1) is 21.1. The molecule has 170 valence electrons. The minimum atomic E-state index is -0.373. The second kappa shape index (κ2) is 9.00. The van der Waals surface area contributed by atoms with Crippen molar-refractivity contribution >= 4 is 11.6 Å². The zero-order valence-corrected chi connectivity index (χ0v) is 18.2. The van der Waals surface area contributed by atoms with E-state index in [1.165, 1.54) is 7.11 Å². The molecule has 0 N–H and O–H groups in total. The summed E-state index contributed by atoms with van der Waals surface area (Å²) in [7, 11) is 3.08. The third-order valence-electron chi connectivity index (χ3n) is 5.38. The van der Waals surface area contributed by atoms with E-state index in [-0.39, 0.29) is 18.8 Å². The fraction of sp³-hybridized carbons (Fsp3) is 0.304. The van der Waals surface area contributed by atoms with E-state index in [9.17, 15) is 4.79 Å². The van der Waals surface area contributed by atoms with Crippen LogP contribution < -0.4 is 19.1 Å². The Balaban J connectivity index is 1.31. The quantitative estimate of drug-likeness (QED) is 0.537. The van der Waals surface area contributed by atoms with Crippen molar-refractivity contribution in [3.63, 3.8) is 0 Å². The molecule has 0 spiro atoms. The Morgan fingerprint density at radius 2 is 1.91 bits per heavy atom. The number of carbonyl (C=O) groups is 1. The van der Waals surface area contributed by atoms with Crippen molar-refractivity contribution in [1.29, 1.82) is 0 Å². The molecule has 33 heavy (non-hydrogen) atoms. The lowest BCUT2D eigenvalue weighted by Crippen LogP contribution is -2.23. The summed E-state index contributed by atoms with van der Waals surface area (Å²) in [5.74, 6) is 1.21. The average Bonchev–Trinajstić information content (AvgIpc) is 3.50. The topological polar surface area (TPSA) is 105 Å². The summed E-state index contributed by atoms with van der Waals surface area (Å²) in [5, 5.41) is 0. The Bertz CT molecular complexity index is 1160. The summed E-state index contributed by atoms with van der Waals surface area (Å²) in [6.45, 7) is 1.74. The molecule has 10 nitrogen and oxygen atoms in total. The highest BCUT2D eigenvalue weighted by atomic mass is 16.7. The lowest BCUT2D eigenvalue weighted by Gasteiger charge is -2.15. The average molecular weight is 450 g/mol. The smallest absolute Gasteiger partial charge is 0.260 e. The fourth-order valence-electron chi connectivity index (χ4n) is 3.70. The van der Waals surface area contributed by atoms with E-state index in [4.69, 9.17) is 28.7 Å². The van der Waals surface area contributed by atoms with Gasteiger partial charge in [-0.3, -0.25) is 9.78 Å². The number of pyridine rings is 3. The molecule has 5 rings (SSSR count). The first-order chi connectivity index (χ1) is 16.2. The molecule has 0 aliphatic carbocycles. The van der Waals surface area contributed by atoms with Crippen molar-refractivity contribution in [1.82, 2.24) is 15.0 Å². The van der Waals surface area contributed by atoms with E-state index in [1.807, 2.05) is 0 Å². The number of ether oxygens (including phenoxy) is 5. The van der Waals surface area contributed by atoms with E-state index in [1.54, 1.807) is 54.7 Å². The highest BCUT2D eigenvalue weighted by molar-refractivity contribution is 6.09. The van der Waals surface area contributed by atoms with Gasteiger partial charge in [-0.15, -0.1) is 0 Å². The number of hydrogen-bond donors (Lipinski definition) is 0. The van der Waals surface area contributed by atoms with Gasteiger partial charge in [-0.2, -0.15) is 0 Å². The molecular weight excluding hydrogens is 428 g/mol. The number of methoxy groups -OCH3 is 2. The molecule has 0 bridgehead atoms. The van der Waals surface area contributed by atoms with Crippen molar-refractivity contribution in [2.75, 3.05) is 38.9 Å². The maximum Gasteiger partial charge on any atom is 0.260 e. The van der Waals surface area contributed by atoms with Gasteiger partial charge < -0.3 is 28.6 Å². The molecule has 10 heteroatoms. The highest BCUT2D eigenvalue weighted by Gasteiger charge is 2.30. The van der Waals surface area contributed by atoms with Gasteiger partial charge in [0.25, 0.3) is 11.8 Å². The molecule has 0 aromatic carbocycles. The zero-order chi connectivity index (χ0) is 22.8. The Hall–Kier alpha value is -3.76. The van der Waals surface area contributed by atoms with Crippen LogP contribution in [0.4, 0.5) is 5.69 Å². The number of fused-ring (bicyclic) bond motifs is 1. The van der Waals surface area contributed by atoms with E-state index in [2.05, 4.69) is 9.97 Å². The number of aromatic nitrogens is 3. The fourth-order valence-corrected chi connectivity index (χ4v) is 3.70. The Kier molecular flexibility index (Phi) is 5.76. The van der Waals surface area contributed by atoms with Crippen LogP contribution in [0.2, 0.25) is 0 Å². The van der Waals surface area contributed by atoms with Gasteiger partial charge in [-0.1, -0.05) is 0 Å². The second-order valence-electron chi connectivity index (χ2n) is 7.35. The first-order valence-electron chi connectivity index (χ1n) is 10.4. The SMILES string of the molecule is COc1cc(-c2ccc3c(n2)CN(c2ccc(OCC4OCCO4)nc2)C3=O)cnc1OC. The maximum atomic E-state index is 13.0. The summed E-state index contributed by atoms with van der Waals surface area (Å²) in [6.07, 6.45) is 2.89. The van der Waals surface area contributed by atoms with Crippen LogP contribution in [0.5, 0.6) is 17.5 Å². The summed E-state index contributed by atoms with van der Waals surface area (Å²) in [4.78, 5) is 27.9. The molecule has 0 radical (unpaired) electrons. The molecular formula is C23H22N4O6. The first-order valence-corrected chi connectivity index (χ1v) is 10.4. The summed E-state index contributed by atoms with van der Waals surface area (Å²) < 4.78 is 26.8. The predicted molar refractivity (Wildman–Crippen MR) is 117 cm³/mol. The number of amides is 1. The van der Waals surface area contributed by atoms with Gasteiger partial charge in [0.15, 0.2) is 12.0 Å². The van der Waals surface area contributed by atoms with Crippen LogP contribution >= 0.6 is 0 Å². The van der Waals surface area contributed by atoms with Gasteiger partial charge in [0.05, 0.1) is 62.8 Å². The van der Waals surface area contributed by atoms with Crippen molar-refractivity contribution in [3.8, 4) is 28.8 Å². The largest absolute Gasteiger partial charge is 0.491 e. The minimum absolute atomic E-state index is 0.127. The van der Waals surface area contributed by atoms with Crippen LogP contribution in [-0.4, -0.2) is 61.2 Å². The van der Waals surface area contributed by atoms with Crippen LogP contribution in [0.25, 0.3) is 11.3 Å². The Labute approximate surface area is 190 Å². The van der Waals surface area contributed by atoms with Crippen molar-refractivity contribution in [3.05, 3.63) is 54.0 Å². The monoisotopic (exact) mass is 450 g/mol. The lowest BCUT2D eigenvalue weighted by molar-refractivity contribution is -0.0691. The Morgan fingerprint density at radius 3 is 2.64 bits per heavy atom. The molecule has 5 heterocycles. The van der Waals surface area contributed by atoms with Gasteiger partial charge in [0.1, 0.15) is 6.61 Å². The minimum Gasteiger partial charge on any atom is -0.491 e. The van der Waals surface area contributed by atoms with Gasteiger partial charge >= 0.3 is 0 Å². The van der Waals surface area contributed by atoms with Crippen LogP contribution in [-0.2, 0) is 16.0 Å². The standard InChI is InChI=1S/C23H22N4O6/c1-29-19-9-14(10-25-22(19)30-2)17-5-4-16-18(26-17)12-27(23(16)28)15-3-6-20(24-11-15)33-13-21-31-7-8-32-21/h3-6,9-11,21H,7-8,12-13H2,1-2H3. The van der Waals surface area contributed by atoms with Crippen molar-refractivity contribution in [2.45, 2.75) is 12.8 Å². The maximum absolute atomic E-state index is 13.0. The molecule has 0 atom stereocenters. The molecule has 0 unspecified atom stereocenters. The van der Waals surface area contributed by atoms with E-state index < -0.39 is 0 Å². The van der Waals surface area contributed by atoms with Gasteiger partial charge in [0.2, 0.25) is 5.88 Å². The summed E-state index contributed by atoms with van der Waals surface area (Å²) in [5.41, 5.74) is 3.36. The zero-order valence-electron chi connectivity index (χ0n) is 18.2. The molecule has 0 saturated carbocycles. The molecule has 1 fully saturated rings. The normalized spacial score (nSPS) is 15.6. The molecule has 1 saturated heterocycles. The van der Waals surface area contributed by atoms with Gasteiger partial charge in [0, 0.05) is 17.8 Å². The molecule has 2 aliphatic rings. The lowest BCUT2D eigenvalue weighted by atomic mass is 10.1. The molecule has 1 amide bonds. The van der Waals surface area contributed by atoms with Crippen molar-refractivity contribution in [2.24, 2.45) is 0 Å². The van der Waals surface area contributed by atoms with Crippen LogP contribution in [0.3, 0.4) is 0 Å².